The minimum absolute atomic E-state index is 0.0514. The third kappa shape index (κ3) is 5.47. The summed E-state index contributed by atoms with van der Waals surface area (Å²) in [5.74, 6) is 0.232. The molecule has 6 heteroatoms. The van der Waals surface area contributed by atoms with E-state index in [1.54, 1.807) is 19.2 Å². The Balaban J connectivity index is 1.37. The Hall–Kier alpha value is -2.53. The molecular weight excluding hydrogens is 364 g/mol. The Kier molecular flexibility index (Phi) is 6.35. The Bertz CT molecular complexity index is 807. The molecule has 2 aromatic rings. The largest absolute Gasteiger partial charge is 0.497 e. The van der Waals surface area contributed by atoms with E-state index < -0.39 is 0 Å². The zero-order valence-electron chi connectivity index (χ0n) is 15.2. The smallest absolute Gasteiger partial charge is 0.224 e. The summed E-state index contributed by atoms with van der Waals surface area (Å²) in [6, 6.07) is 15.1. The molecule has 1 aliphatic carbocycles. The highest BCUT2D eigenvalue weighted by molar-refractivity contribution is 6.30. The molecule has 1 saturated carbocycles. The SMILES string of the molecule is COc1cccc(CCNC(=O)C2CC2C(=O)NCc2ccc(Cl)cc2)c1. The van der Waals surface area contributed by atoms with Crippen molar-refractivity contribution in [2.24, 2.45) is 11.8 Å². The molecule has 2 N–H and O–H groups in total. The Labute approximate surface area is 164 Å². The summed E-state index contributed by atoms with van der Waals surface area (Å²) >= 11 is 5.85. The van der Waals surface area contributed by atoms with Crippen LogP contribution in [0.15, 0.2) is 48.5 Å². The van der Waals surface area contributed by atoms with E-state index in [4.69, 9.17) is 16.3 Å². The van der Waals surface area contributed by atoms with Gasteiger partial charge in [0.1, 0.15) is 5.75 Å². The van der Waals surface area contributed by atoms with Crippen molar-refractivity contribution in [3.63, 3.8) is 0 Å². The first-order valence-electron chi connectivity index (χ1n) is 8.99. The maximum absolute atomic E-state index is 12.2. The van der Waals surface area contributed by atoms with Crippen LogP contribution in [0.3, 0.4) is 0 Å². The van der Waals surface area contributed by atoms with Gasteiger partial charge in [0.05, 0.1) is 18.9 Å². The summed E-state index contributed by atoms with van der Waals surface area (Å²) < 4.78 is 5.19. The topological polar surface area (TPSA) is 67.4 Å². The highest BCUT2D eigenvalue weighted by Crippen LogP contribution is 2.38. The minimum atomic E-state index is -0.228. The van der Waals surface area contributed by atoms with Crippen LogP contribution in [0.4, 0.5) is 0 Å². The fourth-order valence-electron chi connectivity index (χ4n) is 2.99. The first kappa shape index (κ1) is 19.2. The summed E-state index contributed by atoms with van der Waals surface area (Å²) in [5.41, 5.74) is 2.08. The lowest BCUT2D eigenvalue weighted by Gasteiger charge is -2.07. The van der Waals surface area contributed by atoms with E-state index >= 15 is 0 Å². The third-order valence-corrected chi connectivity index (χ3v) is 4.94. The molecule has 2 atom stereocenters. The standard InChI is InChI=1S/C21H23ClN2O3/c1-27-17-4-2-3-14(11-17)9-10-23-20(25)18-12-19(18)21(26)24-13-15-5-7-16(22)8-6-15/h2-8,11,18-19H,9-10,12-13H2,1H3,(H,23,25)(H,24,26). The van der Waals surface area contributed by atoms with Crippen molar-refractivity contribution in [2.75, 3.05) is 13.7 Å². The molecule has 0 saturated heterocycles. The van der Waals surface area contributed by atoms with Crippen molar-refractivity contribution in [3.8, 4) is 5.75 Å². The molecule has 2 unspecified atom stereocenters. The van der Waals surface area contributed by atoms with E-state index in [9.17, 15) is 9.59 Å². The summed E-state index contributed by atoms with van der Waals surface area (Å²) in [4.78, 5) is 24.4. The predicted octanol–water partition coefficient (Wildman–Crippen LogP) is 2.96. The highest BCUT2D eigenvalue weighted by Gasteiger charge is 2.47. The number of amides is 2. The highest BCUT2D eigenvalue weighted by atomic mass is 35.5. The second-order valence-electron chi connectivity index (χ2n) is 6.69. The van der Waals surface area contributed by atoms with Crippen LogP contribution >= 0.6 is 11.6 Å². The number of nitrogens with one attached hydrogen (secondary N) is 2. The molecule has 1 aliphatic rings. The molecule has 3 rings (SSSR count). The Morgan fingerprint density at radius 1 is 1.04 bits per heavy atom. The lowest BCUT2D eigenvalue weighted by atomic mass is 10.1. The number of halogens is 1. The molecule has 27 heavy (non-hydrogen) atoms. The van der Waals surface area contributed by atoms with E-state index in [2.05, 4.69) is 10.6 Å². The van der Waals surface area contributed by atoms with Crippen LogP contribution in [0.5, 0.6) is 5.75 Å². The van der Waals surface area contributed by atoms with Gasteiger partial charge >= 0.3 is 0 Å². The van der Waals surface area contributed by atoms with E-state index in [1.165, 1.54) is 0 Å². The van der Waals surface area contributed by atoms with Gasteiger partial charge in [0, 0.05) is 18.1 Å². The van der Waals surface area contributed by atoms with Gasteiger partial charge in [-0.25, -0.2) is 0 Å². The van der Waals surface area contributed by atoms with E-state index in [-0.39, 0.29) is 23.7 Å². The van der Waals surface area contributed by atoms with Gasteiger partial charge in [-0.3, -0.25) is 9.59 Å². The molecule has 0 heterocycles. The number of ether oxygens (including phenoxy) is 1. The number of carbonyl (C=O) groups excluding carboxylic acids is 2. The van der Waals surface area contributed by atoms with Crippen LogP contribution in [0.25, 0.3) is 0 Å². The molecule has 0 aromatic heterocycles. The lowest BCUT2D eigenvalue weighted by Crippen LogP contribution is -2.31. The molecule has 1 fully saturated rings. The van der Waals surface area contributed by atoms with Gasteiger partial charge in [-0.05, 0) is 48.2 Å². The van der Waals surface area contributed by atoms with Crippen molar-refractivity contribution >= 4 is 23.4 Å². The van der Waals surface area contributed by atoms with Crippen LogP contribution in [-0.4, -0.2) is 25.5 Å². The first-order chi connectivity index (χ1) is 13.1. The molecular formula is C21H23ClN2O3. The molecule has 5 nitrogen and oxygen atoms in total. The van der Waals surface area contributed by atoms with Crippen molar-refractivity contribution < 1.29 is 14.3 Å². The normalized spacial score (nSPS) is 17.9. The molecule has 142 valence electrons. The molecule has 2 aromatic carbocycles. The molecule has 0 radical (unpaired) electrons. The number of hydrogen-bond donors (Lipinski definition) is 2. The van der Waals surface area contributed by atoms with E-state index in [0.29, 0.717) is 24.5 Å². The first-order valence-corrected chi connectivity index (χ1v) is 9.37. The van der Waals surface area contributed by atoms with Crippen molar-refractivity contribution in [1.82, 2.24) is 10.6 Å². The fourth-order valence-corrected chi connectivity index (χ4v) is 3.11. The third-order valence-electron chi connectivity index (χ3n) is 4.69. The summed E-state index contributed by atoms with van der Waals surface area (Å²) in [7, 11) is 1.63. The van der Waals surface area contributed by atoms with Crippen molar-refractivity contribution in [1.29, 1.82) is 0 Å². The van der Waals surface area contributed by atoms with Gasteiger partial charge in [-0.2, -0.15) is 0 Å². The van der Waals surface area contributed by atoms with Gasteiger partial charge in [-0.15, -0.1) is 0 Å². The molecule has 0 bridgehead atoms. The van der Waals surface area contributed by atoms with E-state index in [0.717, 1.165) is 23.3 Å². The molecule has 0 spiro atoms. The fraction of sp³-hybridized carbons (Fsp3) is 0.333. The quantitative estimate of drug-likeness (QED) is 0.733. The Morgan fingerprint density at radius 3 is 2.44 bits per heavy atom. The predicted molar refractivity (Wildman–Crippen MR) is 105 cm³/mol. The van der Waals surface area contributed by atoms with Gasteiger partial charge in [0.25, 0.3) is 0 Å². The Morgan fingerprint density at radius 2 is 1.74 bits per heavy atom. The maximum atomic E-state index is 12.2. The van der Waals surface area contributed by atoms with E-state index in [1.807, 2.05) is 36.4 Å². The van der Waals surface area contributed by atoms with Gasteiger partial charge < -0.3 is 15.4 Å². The monoisotopic (exact) mass is 386 g/mol. The van der Waals surface area contributed by atoms with Gasteiger partial charge in [0.15, 0.2) is 0 Å². The molecule has 0 aliphatic heterocycles. The zero-order chi connectivity index (χ0) is 19.2. The summed E-state index contributed by atoms with van der Waals surface area (Å²) in [6.07, 6.45) is 1.33. The van der Waals surface area contributed by atoms with Crippen molar-refractivity contribution in [2.45, 2.75) is 19.4 Å². The number of hydrogen-bond acceptors (Lipinski definition) is 3. The average molecular weight is 387 g/mol. The zero-order valence-corrected chi connectivity index (χ0v) is 16.0. The minimum Gasteiger partial charge on any atom is -0.497 e. The van der Waals surface area contributed by atoms with Crippen LogP contribution < -0.4 is 15.4 Å². The van der Waals surface area contributed by atoms with Gasteiger partial charge in [-0.1, -0.05) is 35.9 Å². The maximum Gasteiger partial charge on any atom is 0.224 e. The van der Waals surface area contributed by atoms with Crippen molar-refractivity contribution in [3.05, 3.63) is 64.7 Å². The molecule has 2 amide bonds. The van der Waals surface area contributed by atoms with Crippen LogP contribution in [0.1, 0.15) is 17.5 Å². The number of benzene rings is 2. The van der Waals surface area contributed by atoms with Gasteiger partial charge in [0.2, 0.25) is 11.8 Å². The second-order valence-corrected chi connectivity index (χ2v) is 7.12. The summed E-state index contributed by atoms with van der Waals surface area (Å²) in [6.45, 7) is 0.984. The number of carbonyl (C=O) groups is 2. The summed E-state index contributed by atoms with van der Waals surface area (Å²) in [5, 5.41) is 6.47. The number of methoxy groups -OCH3 is 1. The van der Waals surface area contributed by atoms with Crippen LogP contribution in [0, 0.1) is 11.8 Å². The van der Waals surface area contributed by atoms with Crippen LogP contribution in [-0.2, 0) is 22.6 Å². The lowest BCUT2D eigenvalue weighted by molar-refractivity contribution is -0.127. The second kappa shape index (κ2) is 8.91. The number of rotatable bonds is 8. The average Bonchev–Trinajstić information content (AvgIpc) is 3.48. The van der Waals surface area contributed by atoms with Crippen LogP contribution in [0.2, 0.25) is 5.02 Å².